The van der Waals surface area contributed by atoms with Crippen LogP contribution in [0, 0.1) is 6.92 Å². The van der Waals surface area contributed by atoms with Gasteiger partial charge in [-0.05, 0) is 31.9 Å². The van der Waals surface area contributed by atoms with Gasteiger partial charge in [-0.1, -0.05) is 11.6 Å². The van der Waals surface area contributed by atoms with Gasteiger partial charge in [0.2, 0.25) is 0 Å². The van der Waals surface area contributed by atoms with Gasteiger partial charge in [-0.15, -0.1) is 11.3 Å². The zero-order valence-corrected chi connectivity index (χ0v) is 15.3. The highest BCUT2D eigenvalue weighted by molar-refractivity contribution is 7.91. The largest absolute Gasteiger partial charge is 0.490 e. The van der Waals surface area contributed by atoms with Crippen LogP contribution < -0.4 is 10.4 Å². The molecule has 3 heterocycles. The highest BCUT2D eigenvalue weighted by Crippen LogP contribution is 2.30. The van der Waals surface area contributed by atoms with Gasteiger partial charge in [0.25, 0.3) is 10.0 Å². The molecule has 0 aliphatic carbocycles. The monoisotopic (exact) mass is 389 g/mol. The van der Waals surface area contributed by atoms with Crippen LogP contribution in [0.5, 0.6) is 5.75 Å². The second kappa shape index (κ2) is 6.87. The zero-order valence-electron chi connectivity index (χ0n) is 12.9. The van der Waals surface area contributed by atoms with Gasteiger partial charge in [-0.2, -0.15) is 4.31 Å². The topological polar surface area (TPSA) is 76.8 Å². The number of nitrogens with zero attached hydrogens (tertiary/aromatic N) is 1. The minimum absolute atomic E-state index is 0.135. The molecule has 1 saturated heterocycles. The molecule has 0 spiro atoms. The molecule has 2 aromatic rings. The summed E-state index contributed by atoms with van der Waals surface area (Å²) in [5, 5.41) is 0. The van der Waals surface area contributed by atoms with Crippen molar-refractivity contribution in [2.45, 2.75) is 30.1 Å². The normalized spacial score (nSPS) is 17.1. The van der Waals surface area contributed by atoms with E-state index in [0.717, 1.165) is 11.3 Å². The second-order valence-electron chi connectivity index (χ2n) is 5.50. The lowest BCUT2D eigenvalue weighted by molar-refractivity contribution is 0.134. The van der Waals surface area contributed by atoms with Gasteiger partial charge in [0.05, 0.1) is 10.4 Å². The van der Waals surface area contributed by atoms with Crippen LogP contribution in [0.15, 0.2) is 37.7 Å². The SMILES string of the molecule is Cc1cc(OC2CCN(S(=O)(=O)c3ccc(Cl)s3)CC2)cc(=O)o1. The third kappa shape index (κ3) is 3.83. The lowest BCUT2D eigenvalue weighted by Crippen LogP contribution is -2.41. The highest BCUT2D eigenvalue weighted by atomic mass is 35.5. The van der Waals surface area contributed by atoms with E-state index in [1.807, 2.05) is 0 Å². The van der Waals surface area contributed by atoms with Gasteiger partial charge >= 0.3 is 5.63 Å². The molecule has 2 aromatic heterocycles. The minimum atomic E-state index is -3.50. The van der Waals surface area contributed by atoms with Crippen molar-refractivity contribution in [3.05, 3.63) is 44.8 Å². The average Bonchev–Trinajstić information content (AvgIpc) is 2.94. The van der Waals surface area contributed by atoms with E-state index in [-0.39, 0.29) is 10.3 Å². The van der Waals surface area contributed by atoms with Crippen molar-refractivity contribution >= 4 is 33.0 Å². The molecule has 6 nitrogen and oxygen atoms in total. The number of rotatable bonds is 4. The van der Waals surface area contributed by atoms with Gasteiger partial charge in [-0.3, -0.25) is 0 Å². The molecule has 0 saturated carbocycles. The van der Waals surface area contributed by atoms with E-state index >= 15 is 0 Å². The lowest BCUT2D eigenvalue weighted by Gasteiger charge is -2.31. The number of hydrogen-bond acceptors (Lipinski definition) is 6. The van der Waals surface area contributed by atoms with Gasteiger partial charge in [0, 0.05) is 19.2 Å². The lowest BCUT2D eigenvalue weighted by atomic mass is 10.1. The molecule has 0 radical (unpaired) electrons. The molecule has 1 aliphatic rings. The van der Waals surface area contributed by atoms with Crippen molar-refractivity contribution in [1.82, 2.24) is 4.31 Å². The Balaban J connectivity index is 1.64. The number of hydrogen-bond donors (Lipinski definition) is 0. The van der Waals surface area contributed by atoms with E-state index in [0.29, 0.717) is 41.8 Å². The third-order valence-electron chi connectivity index (χ3n) is 3.71. The van der Waals surface area contributed by atoms with Crippen molar-refractivity contribution in [1.29, 1.82) is 0 Å². The number of aryl methyl sites for hydroxylation is 1. The molecule has 1 fully saturated rings. The molecule has 1 aliphatic heterocycles. The first-order valence-electron chi connectivity index (χ1n) is 7.38. The van der Waals surface area contributed by atoms with Gasteiger partial charge < -0.3 is 9.15 Å². The maximum Gasteiger partial charge on any atom is 0.339 e. The minimum Gasteiger partial charge on any atom is -0.490 e. The first kappa shape index (κ1) is 17.5. The molecule has 0 aromatic carbocycles. The summed E-state index contributed by atoms with van der Waals surface area (Å²) in [5.41, 5.74) is -0.459. The quantitative estimate of drug-likeness (QED) is 0.803. The summed E-state index contributed by atoms with van der Waals surface area (Å²) in [6.45, 7) is 2.40. The van der Waals surface area contributed by atoms with E-state index < -0.39 is 15.6 Å². The van der Waals surface area contributed by atoms with Crippen molar-refractivity contribution in [2.24, 2.45) is 0 Å². The van der Waals surface area contributed by atoms with Gasteiger partial charge in [0.15, 0.2) is 0 Å². The Morgan fingerprint density at radius 3 is 2.58 bits per heavy atom. The first-order chi connectivity index (χ1) is 11.3. The molecular formula is C15H16ClNO5S2. The van der Waals surface area contributed by atoms with Gasteiger partial charge in [0.1, 0.15) is 21.8 Å². The summed E-state index contributed by atoms with van der Waals surface area (Å²) in [6, 6.07) is 6.05. The summed E-state index contributed by atoms with van der Waals surface area (Å²) in [6.07, 6.45) is 0.972. The first-order valence-corrected chi connectivity index (χ1v) is 10.0. The third-order valence-corrected chi connectivity index (χ3v) is 7.31. The van der Waals surface area contributed by atoms with Crippen LogP contribution in [-0.2, 0) is 10.0 Å². The molecular weight excluding hydrogens is 374 g/mol. The standard InChI is InChI=1S/C15H16ClNO5S2/c1-10-8-12(9-14(18)21-10)22-11-4-6-17(7-5-11)24(19,20)15-3-2-13(16)23-15/h2-3,8-9,11H,4-7H2,1H3. The molecule has 0 amide bonds. The molecule has 24 heavy (non-hydrogen) atoms. The van der Waals surface area contributed by atoms with E-state index in [1.54, 1.807) is 19.1 Å². The summed E-state index contributed by atoms with van der Waals surface area (Å²) in [5.74, 6) is 0.933. The maximum atomic E-state index is 12.5. The zero-order chi connectivity index (χ0) is 17.3. The molecule has 0 bridgehead atoms. The van der Waals surface area contributed by atoms with E-state index in [4.69, 9.17) is 20.8 Å². The molecule has 130 valence electrons. The molecule has 0 N–H and O–H groups in total. The fraction of sp³-hybridized carbons (Fsp3) is 0.400. The Morgan fingerprint density at radius 1 is 1.29 bits per heavy atom. The Bertz CT molecular complexity index is 881. The second-order valence-corrected chi connectivity index (χ2v) is 9.38. The molecule has 3 rings (SSSR count). The fourth-order valence-electron chi connectivity index (χ4n) is 2.59. The molecule has 0 atom stereocenters. The van der Waals surface area contributed by atoms with Crippen LogP contribution in [0.4, 0.5) is 0 Å². The van der Waals surface area contributed by atoms with Crippen LogP contribution in [0.2, 0.25) is 4.34 Å². The van der Waals surface area contributed by atoms with Gasteiger partial charge in [-0.25, -0.2) is 13.2 Å². The van der Waals surface area contributed by atoms with Crippen molar-refractivity contribution in [3.8, 4) is 5.75 Å². The van der Waals surface area contributed by atoms with Crippen LogP contribution >= 0.6 is 22.9 Å². The predicted molar refractivity (Wildman–Crippen MR) is 91.5 cm³/mol. The molecule has 9 heteroatoms. The highest BCUT2D eigenvalue weighted by Gasteiger charge is 2.31. The van der Waals surface area contributed by atoms with E-state index in [1.165, 1.54) is 16.4 Å². The number of halogens is 1. The smallest absolute Gasteiger partial charge is 0.339 e. The summed E-state index contributed by atoms with van der Waals surface area (Å²) < 4.78 is 37.9. The van der Waals surface area contributed by atoms with Crippen LogP contribution in [0.1, 0.15) is 18.6 Å². The number of ether oxygens (including phenoxy) is 1. The predicted octanol–water partition coefficient (Wildman–Crippen LogP) is 2.90. The van der Waals surface area contributed by atoms with Crippen LogP contribution in [-0.4, -0.2) is 31.9 Å². The Hall–Kier alpha value is -1.35. The fourth-order valence-corrected chi connectivity index (χ4v) is 5.70. The van der Waals surface area contributed by atoms with Crippen molar-refractivity contribution in [2.75, 3.05) is 13.1 Å². The number of sulfonamides is 1. The molecule has 0 unspecified atom stereocenters. The summed E-state index contributed by atoms with van der Waals surface area (Å²) in [4.78, 5) is 11.4. The average molecular weight is 390 g/mol. The summed E-state index contributed by atoms with van der Waals surface area (Å²) >= 11 is 6.88. The van der Waals surface area contributed by atoms with Crippen LogP contribution in [0.3, 0.4) is 0 Å². The number of thiophene rings is 1. The van der Waals surface area contributed by atoms with E-state index in [2.05, 4.69) is 0 Å². The Morgan fingerprint density at radius 2 is 2.00 bits per heavy atom. The van der Waals surface area contributed by atoms with Crippen LogP contribution in [0.25, 0.3) is 0 Å². The van der Waals surface area contributed by atoms with Crippen molar-refractivity contribution in [3.63, 3.8) is 0 Å². The maximum absolute atomic E-state index is 12.5. The Labute approximate surface area is 148 Å². The Kier molecular flexibility index (Phi) is 5.00. The van der Waals surface area contributed by atoms with E-state index in [9.17, 15) is 13.2 Å². The summed E-state index contributed by atoms with van der Waals surface area (Å²) in [7, 11) is -3.50. The van der Waals surface area contributed by atoms with Crippen molar-refractivity contribution < 1.29 is 17.6 Å². The number of piperidine rings is 1.